The second-order valence-electron chi connectivity index (χ2n) is 3.07. The predicted molar refractivity (Wildman–Crippen MR) is 51.1 cm³/mol. The summed E-state index contributed by atoms with van der Waals surface area (Å²) in [7, 11) is 1.54. The van der Waals surface area contributed by atoms with Crippen LogP contribution in [0.5, 0.6) is 0 Å². The Labute approximate surface area is 82.3 Å². The highest BCUT2D eigenvalue weighted by Crippen LogP contribution is 2.15. The van der Waals surface area contributed by atoms with Crippen molar-refractivity contribution in [2.24, 2.45) is 5.73 Å². The van der Waals surface area contributed by atoms with E-state index in [4.69, 9.17) is 15.6 Å². The molecule has 3 N–H and O–H groups in total. The second-order valence-corrected chi connectivity index (χ2v) is 3.07. The van der Waals surface area contributed by atoms with Crippen LogP contribution in [0.2, 0.25) is 0 Å². The van der Waals surface area contributed by atoms with E-state index >= 15 is 0 Å². The Morgan fingerprint density at radius 2 is 2.29 bits per heavy atom. The molecule has 0 aliphatic rings. The van der Waals surface area contributed by atoms with Crippen molar-refractivity contribution in [3.8, 4) is 0 Å². The molecular formula is C10H14FNO2. The largest absolute Gasteiger partial charge is 0.392 e. The van der Waals surface area contributed by atoms with Gasteiger partial charge in [0.15, 0.2) is 0 Å². The molecule has 1 rings (SSSR count). The molecule has 0 unspecified atom stereocenters. The number of nitrogens with two attached hydrogens (primary N) is 1. The van der Waals surface area contributed by atoms with E-state index in [1.807, 2.05) is 0 Å². The minimum atomic E-state index is -0.434. The van der Waals surface area contributed by atoms with Gasteiger partial charge in [-0.1, -0.05) is 12.1 Å². The van der Waals surface area contributed by atoms with Crippen LogP contribution in [0.15, 0.2) is 18.2 Å². The summed E-state index contributed by atoms with van der Waals surface area (Å²) in [5.41, 5.74) is 6.66. The molecule has 1 atom stereocenters. The van der Waals surface area contributed by atoms with E-state index in [1.54, 1.807) is 6.07 Å². The number of ether oxygens (including phenoxy) is 1. The second kappa shape index (κ2) is 5.05. The Bertz CT molecular complexity index is 304. The zero-order valence-corrected chi connectivity index (χ0v) is 8.03. The number of halogens is 1. The summed E-state index contributed by atoms with van der Waals surface area (Å²) in [6.07, 6.45) is 0. The van der Waals surface area contributed by atoms with Crippen molar-refractivity contribution in [3.05, 3.63) is 35.1 Å². The summed E-state index contributed by atoms with van der Waals surface area (Å²) in [6, 6.07) is 4.22. The summed E-state index contributed by atoms with van der Waals surface area (Å²) in [4.78, 5) is 0. The molecule has 14 heavy (non-hydrogen) atoms. The summed E-state index contributed by atoms with van der Waals surface area (Å²) < 4.78 is 18.1. The monoisotopic (exact) mass is 199 g/mol. The quantitative estimate of drug-likeness (QED) is 0.759. The Morgan fingerprint density at radius 1 is 1.57 bits per heavy atom. The van der Waals surface area contributed by atoms with Gasteiger partial charge in [0.2, 0.25) is 0 Å². The molecule has 0 heterocycles. The fraction of sp³-hybridized carbons (Fsp3) is 0.400. The third-order valence-electron chi connectivity index (χ3n) is 2.02. The Balaban J connectivity index is 2.85. The number of aliphatic hydroxyl groups excluding tert-OH is 1. The molecule has 0 saturated carbocycles. The Hall–Kier alpha value is -0.970. The molecule has 0 fully saturated rings. The van der Waals surface area contributed by atoms with E-state index in [-0.39, 0.29) is 18.2 Å². The van der Waals surface area contributed by atoms with Crippen LogP contribution in [-0.4, -0.2) is 18.8 Å². The molecule has 0 aromatic heterocycles. The van der Waals surface area contributed by atoms with Gasteiger partial charge in [-0.25, -0.2) is 4.39 Å². The first-order chi connectivity index (χ1) is 6.69. The van der Waals surface area contributed by atoms with Gasteiger partial charge < -0.3 is 15.6 Å². The molecule has 0 bridgehead atoms. The molecule has 4 heteroatoms. The zero-order valence-electron chi connectivity index (χ0n) is 8.03. The van der Waals surface area contributed by atoms with Crippen molar-refractivity contribution in [3.63, 3.8) is 0 Å². The summed E-state index contributed by atoms with van der Waals surface area (Å²) in [5, 5.41) is 8.76. The van der Waals surface area contributed by atoms with Crippen molar-refractivity contribution in [1.29, 1.82) is 0 Å². The maximum Gasteiger partial charge on any atom is 0.129 e. The highest BCUT2D eigenvalue weighted by molar-refractivity contribution is 5.26. The normalized spacial score (nSPS) is 12.9. The maximum absolute atomic E-state index is 13.2. The fourth-order valence-electron chi connectivity index (χ4n) is 1.20. The lowest BCUT2D eigenvalue weighted by Gasteiger charge is -2.11. The molecule has 0 radical (unpaired) electrons. The summed E-state index contributed by atoms with van der Waals surface area (Å²) in [6.45, 7) is 0.0452. The Morgan fingerprint density at radius 3 is 2.79 bits per heavy atom. The van der Waals surface area contributed by atoms with Crippen molar-refractivity contribution in [2.45, 2.75) is 12.6 Å². The lowest BCUT2D eigenvalue weighted by atomic mass is 10.1. The van der Waals surface area contributed by atoms with Crippen molar-refractivity contribution < 1.29 is 14.2 Å². The van der Waals surface area contributed by atoms with E-state index in [0.29, 0.717) is 12.2 Å². The van der Waals surface area contributed by atoms with Crippen molar-refractivity contribution in [2.75, 3.05) is 13.7 Å². The fourth-order valence-corrected chi connectivity index (χ4v) is 1.20. The van der Waals surface area contributed by atoms with E-state index in [1.165, 1.54) is 19.2 Å². The summed E-state index contributed by atoms with van der Waals surface area (Å²) in [5.74, 6) is -0.434. The molecule has 0 amide bonds. The lowest BCUT2D eigenvalue weighted by Crippen LogP contribution is -2.16. The van der Waals surface area contributed by atoms with Gasteiger partial charge in [0, 0.05) is 12.7 Å². The van der Waals surface area contributed by atoms with Crippen LogP contribution >= 0.6 is 0 Å². The first-order valence-electron chi connectivity index (χ1n) is 4.32. The molecule has 1 aromatic carbocycles. The van der Waals surface area contributed by atoms with Crippen LogP contribution in [0.25, 0.3) is 0 Å². The van der Waals surface area contributed by atoms with Crippen LogP contribution < -0.4 is 5.73 Å². The van der Waals surface area contributed by atoms with Gasteiger partial charge >= 0.3 is 0 Å². The van der Waals surface area contributed by atoms with Crippen LogP contribution in [0.1, 0.15) is 17.2 Å². The van der Waals surface area contributed by atoms with Crippen LogP contribution in [0.3, 0.4) is 0 Å². The van der Waals surface area contributed by atoms with Crippen LogP contribution in [0, 0.1) is 5.82 Å². The zero-order chi connectivity index (χ0) is 10.6. The van der Waals surface area contributed by atoms with Gasteiger partial charge in [-0.15, -0.1) is 0 Å². The minimum absolute atomic E-state index is 0.276. The maximum atomic E-state index is 13.2. The molecule has 3 nitrogen and oxygen atoms in total. The summed E-state index contributed by atoms with van der Waals surface area (Å²) >= 11 is 0. The van der Waals surface area contributed by atoms with Crippen molar-refractivity contribution in [1.82, 2.24) is 0 Å². The molecule has 0 saturated heterocycles. The third kappa shape index (κ3) is 2.51. The SMILES string of the molecule is COC[C@H](N)c1ccc(CO)c(F)c1. The number of rotatable bonds is 4. The smallest absolute Gasteiger partial charge is 0.129 e. The number of benzene rings is 1. The Kier molecular flexibility index (Phi) is 4.00. The van der Waals surface area contributed by atoms with Crippen LogP contribution in [0.4, 0.5) is 4.39 Å². The van der Waals surface area contributed by atoms with E-state index < -0.39 is 5.82 Å². The molecule has 78 valence electrons. The van der Waals surface area contributed by atoms with Gasteiger partial charge in [-0.05, 0) is 11.6 Å². The molecule has 0 aliphatic heterocycles. The van der Waals surface area contributed by atoms with Gasteiger partial charge in [0.1, 0.15) is 5.82 Å². The average Bonchev–Trinajstić information content (AvgIpc) is 2.18. The number of hydrogen-bond acceptors (Lipinski definition) is 3. The van der Waals surface area contributed by atoms with Gasteiger partial charge in [-0.2, -0.15) is 0 Å². The molecule has 1 aromatic rings. The minimum Gasteiger partial charge on any atom is -0.392 e. The predicted octanol–water partition coefficient (Wildman–Crippen LogP) is 0.964. The molecule has 0 spiro atoms. The van der Waals surface area contributed by atoms with E-state index in [2.05, 4.69) is 0 Å². The van der Waals surface area contributed by atoms with Crippen molar-refractivity contribution >= 4 is 0 Å². The highest BCUT2D eigenvalue weighted by atomic mass is 19.1. The highest BCUT2D eigenvalue weighted by Gasteiger charge is 2.08. The number of aliphatic hydroxyl groups is 1. The van der Waals surface area contributed by atoms with Gasteiger partial charge in [0.05, 0.1) is 19.3 Å². The first-order valence-corrected chi connectivity index (χ1v) is 4.32. The molecule has 0 aliphatic carbocycles. The lowest BCUT2D eigenvalue weighted by molar-refractivity contribution is 0.180. The standard InChI is InChI=1S/C10H14FNO2/c1-14-6-10(12)7-2-3-8(5-13)9(11)4-7/h2-4,10,13H,5-6,12H2,1H3/t10-/m0/s1. The van der Waals surface area contributed by atoms with E-state index in [9.17, 15) is 4.39 Å². The average molecular weight is 199 g/mol. The van der Waals surface area contributed by atoms with Crippen LogP contribution in [-0.2, 0) is 11.3 Å². The van der Waals surface area contributed by atoms with Gasteiger partial charge in [-0.3, -0.25) is 0 Å². The van der Waals surface area contributed by atoms with Gasteiger partial charge in [0.25, 0.3) is 0 Å². The number of hydrogen-bond donors (Lipinski definition) is 2. The molecular weight excluding hydrogens is 185 g/mol. The van der Waals surface area contributed by atoms with E-state index in [0.717, 1.165) is 0 Å². The number of methoxy groups -OCH3 is 1. The first kappa shape index (κ1) is 11.1. The third-order valence-corrected chi connectivity index (χ3v) is 2.02. The topological polar surface area (TPSA) is 55.5 Å².